The van der Waals surface area contributed by atoms with E-state index in [1.165, 1.54) is 13.2 Å². The number of para-hydroxylation sites is 1. The van der Waals surface area contributed by atoms with E-state index in [0.717, 1.165) is 16.3 Å². The van der Waals surface area contributed by atoms with Crippen LogP contribution in [-0.2, 0) is 0 Å². The zero-order chi connectivity index (χ0) is 20.9. The summed E-state index contributed by atoms with van der Waals surface area (Å²) >= 11 is 0. The second-order valence-corrected chi connectivity index (χ2v) is 6.67. The van der Waals surface area contributed by atoms with Crippen molar-refractivity contribution in [2.75, 3.05) is 7.11 Å². The van der Waals surface area contributed by atoms with Crippen molar-refractivity contribution in [2.24, 2.45) is 0 Å². The molecule has 0 aliphatic carbocycles. The summed E-state index contributed by atoms with van der Waals surface area (Å²) in [5.74, 6) is 0.356. The quantitative estimate of drug-likeness (QED) is 0.274. The van der Waals surface area contributed by atoms with E-state index in [2.05, 4.69) is 6.07 Å². The summed E-state index contributed by atoms with van der Waals surface area (Å²) in [6.45, 7) is 0. The summed E-state index contributed by atoms with van der Waals surface area (Å²) in [6, 6.07) is 27.8. The van der Waals surface area contributed by atoms with Crippen LogP contribution in [0.15, 0.2) is 84.9 Å². The van der Waals surface area contributed by atoms with Gasteiger partial charge in [0.15, 0.2) is 11.6 Å². The average molecular weight is 395 g/mol. The molecule has 0 unspecified atom stereocenters. The smallest absolute Gasteiger partial charge is 0.169 e. The van der Waals surface area contributed by atoms with Crippen LogP contribution in [0.5, 0.6) is 17.2 Å². The first-order valence-electron chi connectivity index (χ1n) is 9.39. The van der Waals surface area contributed by atoms with E-state index in [1.54, 1.807) is 24.3 Å². The number of hydrogen-bond donors (Lipinski definition) is 0. The van der Waals surface area contributed by atoms with Crippen LogP contribution in [0.4, 0.5) is 4.39 Å². The molecule has 0 N–H and O–H groups in total. The van der Waals surface area contributed by atoms with Crippen molar-refractivity contribution >= 4 is 22.4 Å². The van der Waals surface area contributed by atoms with Crippen molar-refractivity contribution in [3.05, 3.63) is 102 Å². The van der Waals surface area contributed by atoms with E-state index < -0.39 is 5.82 Å². The topological polar surface area (TPSA) is 42.2 Å². The molecule has 0 fully saturated rings. The molecular weight excluding hydrogens is 377 g/mol. The lowest BCUT2D eigenvalue weighted by Crippen LogP contribution is -1.94. The van der Waals surface area contributed by atoms with Gasteiger partial charge in [-0.05, 0) is 46.7 Å². The Kier molecular flexibility index (Phi) is 5.45. The number of allylic oxidation sites excluding steroid dienone is 1. The van der Waals surface area contributed by atoms with Crippen LogP contribution in [-0.4, -0.2) is 7.11 Å². The summed E-state index contributed by atoms with van der Waals surface area (Å²) in [6.07, 6.45) is 1.68. The highest BCUT2D eigenvalue weighted by molar-refractivity contribution is 5.95. The van der Waals surface area contributed by atoms with Gasteiger partial charge in [0.25, 0.3) is 0 Å². The van der Waals surface area contributed by atoms with Gasteiger partial charge in [-0.2, -0.15) is 5.26 Å². The van der Waals surface area contributed by atoms with Crippen LogP contribution in [0.1, 0.15) is 11.1 Å². The van der Waals surface area contributed by atoms with E-state index in [4.69, 9.17) is 9.47 Å². The van der Waals surface area contributed by atoms with Crippen LogP contribution in [0, 0.1) is 17.1 Å². The first-order chi connectivity index (χ1) is 14.7. The normalized spacial score (nSPS) is 11.2. The van der Waals surface area contributed by atoms with Gasteiger partial charge in [-0.3, -0.25) is 0 Å². The molecule has 4 heteroatoms. The summed E-state index contributed by atoms with van der Waals surface area (Å²) in [7, 11) is 1.46. The molecule has 0 aliphatic rings. The number of benzene rings is 4. The predicted molar refractivity (Wildman–Crippen MR) is 117 cm³/mol. The average Bonchev–Trinajstić information content (AvgIpc) is 2.79. The van der Waals surface area contributed by atoms with Crippen molar-refractivity contribution in [1.82, 2.24) is 0 Å². The van der Waals surface area contributed by atoms with Gasteiger partial charge in [0, 0.05) is 11.6 Å². The van der Waals surface area contributed by atoms with Crippen LogP contribution in [0.3, 0.4) is 0 Å². The maximum Gasteiger partial charge on any atom is 0.169 e. The molecule has 0 saturated carbocycles. The van der Waals surface area contributed by atoms with E-state index in [0.29, 0.717) is 22.6 Å². The Morgan fingerprint density at radius 2 is 1.60 bits per heavy atom. The summed E-state index contributed by atoms with van der Waals surface area (Å²) in [5.41, 5.74) is 1.76. The Labute approximate surface area is 174 Å². The maximum absolute atomic E-state index is 14.5. The predicted octanol–water partition coefficient (Wildman–Crippen LogP) is 6.84. The van der Waals surface area contributed by atoms with Gasteiger partial charge in [0.2, 0.25) is 0 Å². The maximum atomic E-state index is 14.5. The van der Waals surface area contributed by atoms with Gasteiger partial charge in [0.1, 0.15) is 11.5 Å². The molecule has 4 aromatic carbocycles. The van der Waals surface area contributed by atoms with Gasteiger partial charge in [-0.15, -0.1) is 0 Å². The molecule has 0 saturated heterocycles. The lowest BCUT2D eigenvalue weighted by atomic mass is 10.00. The Bertz CT molecular complexity index is 1270. The minimum absolute atomic E-state index is 0.0593. The van der Waals surface area contributed by atoms with E-state index in [1.807, 2.05) is 60.7 Å². The zero-order valence-electron chi connectivity index (χ0n) is 16.3. The molecule has 146 valence electrons. The molecule has 0 amide bonds. The largest absolute Gasteiger partial charge is 0.496 e. The Morgan fingerprint density at radius 3 is 2.33 bits per heavy atom. The van der Waals surface area contributed by atoms with E-state index >= 15 is 0 Å². The molecule has 4 rings (SSSR count). The third-order valence-corrected chi connectivity index (χ3v) is 4.74. The molecule has 3 nitrogen and oxygen atoms in total. The molecule has 4 aromatic rings. The molecule has 0 aromatic heterocycles. The van der Waals surface area contributed by atoms with Crippen molar-refractivity contribution < 1.29 is 13.9 Å². The van der Waals surface area contributed by atoms with Crippen molar-refractivity contribution in [2.45, 2.75) is 0 Å². The first kappa shape index (κ1) is 19.2. The standard InChI is InChI=1S/C26H18FNO2/c1-29-25-16-24(27)26(30-23-9-3-2-4-10-23)15-21(25)14-22(17-28)20-12-11-18-7-5-6-8-19(18)13-20/h2-16H,1H3/b22-14-. The molecular formula is C26H18FNO2. The third kappa shape index (κ3) is 4.01. The lowest BCUT2D eigenvalue weighted by Gasteiger charge is -2.12. The Balaban J connectivity index is 1.77. The summed E-state index contributed by atoms with van der Waals surface area (Å²) < 4.78 is 25.5. The van der Waals surface area contributed by atoms with Gasteiger partial charge < -0.3 is 9.47 Å². The van der Waals surface area contributed by atoms with E-state index in [9.17, 15) is 9.65 Å². The van der Waals surface area contributed by atoms with E-state index in [-0.39, 0.29) is 5.75 Å². The highest BCUT2D eigenvalue weighted by Gasteiger charge is 2.13. The van der Waals surface area contributed by atoms with Gasteiger partial charge in [-0.25, -0.2) is 4.39 Å². The van der Waals surface area contributed by atoms with Crippen LogP contribution in [0.2, 0.25) is 0 Å². The molecule has 0 bridgehead atoms. The molecule has 30 heavy (non-hydrogen) atoms. The fourth-order valence-corrected chi connectivity index (χ4v) is 3.23. The number of halogens is 1. The number of fused-ring (bicyclic) bond motifs is 1. The van der Waals surface area contributed by atoms with Crippen LogP contribution >= 0.6 is 0 Å². The second kappa shape index (κ2) is 8.50. The number of ether oxygens (including phenoxy) is 2. The molecule has 0 spiro atoms. The minimum Gasteiger partial charge on any atom is -0.496 e. The fourth-order valence-electron chi connectivity index (χ4n) is 3.23. The van der Waals surface area contributed by atoms with Gasteiger partial charge >= 0.3 is 0 Å². The first-order valence-corrected chi connectivity index (χ1v) is 9.39. The highest BCUT2D eigenvalue weighted by Crippen LogP contribution is 2.33. The molecule has 0 radical (unpaired) electrons. The number of methoxy groups -OCH3 is 1. The summed E-state index contributed by atoms with van der Waals surface area (Å²) in [5, 5.41) is 11.9. The minimum atomic E-state index is -0.544. The van der Waals surface area contributed by atoms with Crippen LogP contribution in [0.25, 0.3) is 22.4 Å². The Hall–Kier alpha value is -4.10. The Morgan fingerprint density at radius 1 is 0.867 bits per heavy atom. The number of nitriles is 1. The summed E-state index contributed by atoms with van der Waals surface area (Å²) in [4.78, 5) is 0. The fraction of sp³-hybridized carbons (Fsp3) is 0.0385. The van der Waals surface area contributed by atoms with Crippen molar-refractivity contribution in [1.29, 1.82) is 5.26 Å². The lowest BCUT2D eigenvalue weighted by molar-refractivity contribution is 0.401. The molecule has 0 aliphatic heterocycles. The van der Waals surface area contributed by atoms with Gasteiger partial charge in [0.05, 0.1) is 18.8 Å². The monoisotopic (exact) mass is 395 g/mol. The van der Waals surface area contributed by atoms with Gasteiger partial charge in [-0.1, -0.05) is 54.6 Å². The zero-order valence-corrected chi connectivity index (χ0v) is 16.3. The number of nitrogens with zero attached hydrogens (tertiary/aromatic N) is 1. The van der Waals surface area contributed by atoms with Crippen molar-refractivity contribution in [3.63, 3.8) is 0 Å². The SMILES string of the molecule is COc1cc(F)c(Oc2ccccc2)cc1/C=C(/C#N)c1ccc2ccccc2c1. The highest BCUT2D eigenvalue weighted by atomic mass is 19.1. The number of rotatable bonds is 5. The number of hydrogen-bond acceptors (Lipinski definition) is 3. The molecule has 0 atom stereocenters. The van der Waals surface area contributed by atoms with Crippen LogP contribution < -0.4 is 9.47 Å². The van der Waals surface area contributed by atoms with Crippen molar-refractivity contribution in [3.8, 4) is 23.3 Å². The third-order valence-electron chi connectivity index (χ3n) is 4.74. The second-order valence-electron chi connectivity index (χ2n) is 6.67. The molecule has 0 heterocycles.